The molecule has 0 aromatic heterocycles. The molecule has 0 N–H and O–H groups in total. The van der Waals surface area contributed by atoms with E-state index in [1.165, 1.54) is 0 Å². The highest BCUT2D eigenvalue weighted by molar-refractivity contribution is 4.87. The van der Waals surface area contributed by atoms with E-state index in [4.69, 9.17) is 18.9 Å². The smallest absolute Gasteiger partial charge is 0.112 e. The van der Waals surface area contributed by atoms with Crippen molar-refractivity contribution in [2.75, 3.05) is 28.4 Å². The van der Waals surface area contributed by atoms with Crippen LogP contribution < -0.4 is 0 Å². The fourth-order valence-electron chi connectivity index (χ4n) is 2.48. The summed E-state index contributed by atoms with van der Waals surface area (Å²) in [5.41, 5.74) is 0. The Morgan fingerprint density at radius 3 is 0.778 bits per heavy atom. The van der Waals surface area contributed by atoms with Crippen molar-refractivity contribution >= 4 is 0 Å². The molecule has 110 valence electrons. The largest absolute Gasteiger partial charge is 0.378 e. The molecular weight excluding hydrogens is 232 g/mol. The first-order chi connectivity index (χ1) is 8.44. The summed E-state index contributed by atoms with van der Waals surface area (Å²) in [7, 11) is 6.80. The van der Waals surface area contributed by atoms with Crippen molar-refractivity contribution in [1.82, 2.24) is 0 Å². The van der Waals surface area contributed by atoms with Crippen LogP contribution in [-0.2, 0) is 18.9 Å². The molecular formula is C14H30O4. The monoisotopic (exact) mass is 262 g/mol. The first kappa shape index (κ1) is 17.8. The van der Waals surface area contributed by atoms with Gasteiger partial charge in [-0.15, -0.1) is 0 Å². The highest BCUT2D eigenvalue weighted by Gasteiger charge is 2.38. The van der Waals surface area contributed by atoms with Crippen LogP contribution in [0.5, 0.6) is 0 Å². The van der Waals surface area contributed by atoms with E-state index in [1.807, 2.05) is 0 Å². The zero-order valence-electron chi connectivity index (χ0n) is 13.1. The lowest BCUT2D eigenvalue weighted by molar-refractivity contribution is -0.165. The van der Waals surface area contributed by atoms with Gasteiger partial charge in [0.05, 0.1) is 12.2 Å². The third-order valence-electron chi connectivity index (χ3n) is 3.37. The van der Waals surface area contributed by atoms with E-state index < -0.39 is 0 Å². The molecule has 0 amide bonds. The first-order valence-corrected chi connectivity index (χ1v) is 6.55. The van der Waals surface area contributed by atoms with Gasteiger partial charge in [-0.1, -0.05) is 27.7 Å². The predicted molar refractivity (Wildman–Crippen MR) is 72.9 cm³/mol. The average Bonchev–Trinajstić information content (AvgIpc) is 2.32. The van der Waals surface area contributed by atoms with Crippen LogP contribution in [0.4, 0.5) is 0 Å². The van der Waals surface area contributed by atoms with Gasteiger partial charge < -0.3 is 18.9 Å². The standard InChI is InChI=1S/C14H30O4/c1-9(2)11(15-5)13(17-7)14(18-8)12(16-6)10(3)4/h9-14H,1-8H3/t11-,12+,13-,14-/m0/s1. The van der Waals surface area contributed by atoms with Gasteiger partial charge in [-0.3, -0.25) is 0 Å². The van der Waals surface area contributed by atoms with Gasteiger partial charge in [0.15, 0.2) is 0 Å². The topological polar surface area (TPSA) is 36.9 Å². The second-order valence-electron chi connectivity index (χ2n) is 5.29. The average molecular weight is 262 g/mol. The molecule has 0 unspecified atom stereocenters. The van der Waals surface area contributed by atoms with Crippen molar-refractivity contribution in [3.05, 3.63) is 0 Å². The summed E-state index contributed by atoms with van der Waals surface area (Å²) in [6.07, 6.45) is -0.326. The number of ether oxygens (including phenoxy) is 4. The summed E-state index contributed by atoms with van der Waals surface area (Å²) in [5.74, 6) is 0.699. The maximum absolute atomic E-state index is 5.62. The Balaban J connectivity index is 5.06. The molecule has 18 heavy (non-hydrogen) atoms. The molecule has 0 saturated carbocycles. The highest BCUT2D eigenvalue weighted by Crippen LogP contribution is 2.24. The maximum atomic E-state index is 5.62. The van der Waals surface area contributed by atoms with Crippen molar-refractivity contribution in [1.29, 1.82) is 0 Å². The number of hydrogen-bond acceptors (Lipinski definition) is 4. The van der Waals surface area contributed by atoms with Crippen LogP contribution in [-0.4, -0.2) is 52.9 Å². The molecule has 0 bridgehead atoms. The molecule has 0 spiro atoms. The Labute approximate surface area is 112 Å². The molecule has 4 nitrogen and oxygen atoms in total. The maximum Gasteiger partial charge on any atom is 0.112 e. The fraction of sp³-hybridized carbons (Fsp3) is 1.00. The molecule has 4 heteroatoms. The van der Waals surface area contributed by atoms with Gasteiger partial charge in [-0.25, -0.2) is 0 Å². The molecule has 0 fully saturated rings. The van der Waals surface area contributed by atoms with Crippen LogP contribution in [0.2, 0.25) is 0 Å². The van der Waals surface area contributed by atoms with Gasteiger partial charge in [0, 0.05) is 28.4 Å². The second-order valence-corrected chi connectivity index (χ2v) is 5.29. The van der Waals surface area contributed by atoms with Crippen molar-refractivity contribution in [3.63, 3.8) is 0 Å². The normalized spacial score (nSPS) is 19.0. The van der Waals surface area contributed by atoms with Gasteiger partial charge in [0.2, 0.25) is 0 Å². The molecule has 0 aromatic rings. The van der Waals surface area contributed by atoms with E-state index in [0.29, 0.717) is 11.8 Å². The van der Waals surface area contributed by atoms with Crippen LogP contribution in [0.25, 0.3) is 0 Å². The fourth-order valence-corrected chi connectivity index (χ4v) is 2.48. The van der Waals surface area contributed by atoms with E-state index >= 15 is 0 Å². The van der Waals surface area contributed by atoms with E-state index in [-0.39, 0.29) is 24.4 Å². The second kappa shape index (κ2) is 8.86. The SMILES string of the molecule is CO[C@H]([C@@H](OC)[C@@H](OC)C(C)C)[C@H](OC)C(C)C. The number of methoxy groups -OCH3 is 4. The zero-order valence-corrected chi connectivity index (χ0v) is 13.1. The Hall–Kier alpha value is -0.160. The van der Waals surface area contributed by atoms with Gasteiger partial charge in [0.1, 0.15) is 12.2 Å². The third kappa shape index (κ3) is 4.50. The molecule has 0 heterocycles. The van der Waals surface area contributed by atoms with Crippen molar-refractivity contribution in [3.8, 4) is 0 Å². The summed E-state index contributed by atoms with van der Waals surface area (Å²) in [4.78, 5) is 0. The van der Waals surface area contributed by atoms with Crippen molar-refractivity contribution in [2.45, 2.75) is 52.1 Å². The lowest BCUT2D eigenvalue weighted by atomic mass is 9.90. The molecule has 4 atom stereocenters. The van der Waals surface area contributed by atoms with Gasteiger partial charge in [-0.05, 0) is 11.8 Å². The molecule has 0 aromatic carbocycles. The summed E-state index contributed by atoms with van der Waals surface area (Å²) in [6.45, 7) is 8.46. The summed E-state index contributed by atoms with van der Waals surface area (Å²) in [5, 5.41) is 0. The van der Waals surface area contributed by atoms with Crippen LogP contribution in [0.3, 0.4) is 0 Å². The minimum Gasteiger partial charge on any atom is -0.378 e. The van der Waals surface area contributed by atoms with Gasteiger partial charge in [-0.2, -0.15) is 0 Å². The summed E-state index contributed by atoms with van der Waals surface area (Å²) in [6, 6.07) is 0. The Morgan fingerprint density at radius 1 is 0.444 bits per heavy atom. The Kier molecular flexibility index (Phi) is 8.78. The predicted octanol–water partition coefficient (Wildman–Crippen LogP) is 2.36. The molecule has 0 aliphatic carbocycles. The lowest BCUT2D eigenvalue weighted by Gasteiger charge is -2.38. The van der Waals surface area contributed by atoms with E-state index in [9.17, 15) is 0 Å². The van der Waals surface area contributed by atoms with Gasteiger partial charge in [0.25, 0.3) is 0 Å². The summed E-state index contributed by atoms with van der Waals surface area (Å²) < 4.78 is 22.4. The van der Waals surface area contributed by atoms with Crippen LogP contribution in [0.1, 0.15) is 27.7 Å². The number of rotatable bonds is 9. The molecule has 0 saturated heterocycles. The number of hydrogen-bond donors (Lipinski definition) is 0. The van der Waals surface area contributed by atoms with Crippen LogP contribution in [0, 0.1) is 11.8 Å². The molecule has 0 radical (unpaired) electrons. The Bertz CT molecular complexity index is 184. The highest BCUT2D eigenvalue weighted by atomic mass is 16.6. The lowest BCUT2D eigenvalue weighted by Crippen LogP contribution is -2.51. The minimum atomic E-state index is -0.146. The first-order valence-electron chi connectivity index (χ1n) is 6.55. The third-order valence-corrected chi connectivity index (χ3v) is 3.37. The Morgan fingerprint density at radius 2 is 0.667 bits per heavy atom. The summed E-state index contributed by atoms with van der Waals surface area (Å²) >= 11 is 0. The van der Waals surface area contributed by atoms with Crippen LogP contribution in [0.15, 0.2) is 0 Å². The van der Waals surface area contributed by atoms with E-state index in [2.05, 4.69) is 27.7 Å². The minimum absolute atomic E-state index is 0.0173. The van der Waals surface area contributed by atoms with Gasteiger partial charge >= 0.3 is 0 Å². The van der Waals surface area contributed by atoms with E-state index in [0.717, 1.165) is 0 Å². The molecule has 0 rings (SSSR count). The molecule has 0 aliphatic rings. The van der Waals surface area contributed by atoms with Crippen molar-refractivity contribution < 1.29 is 18.9 Å². The zero-order chi connectivity index (χ0) is 14.3. The van der Waals surface area contributed by atoms with E-state index in [1.54, 1.807) is 28.4 Å². The van der Waals surface area contributed by atoms with Crippen molar-refractivity contribution in [2.24, 2.45) is 11.8 Å². The quantitative estimate of drug-likeness (QED) is 0.639. The van der Waals surface area contributed by atoms with Crippen LogP contribution >= 0.6 is 0 Å². The molecule has 0 aliphatic heterocycles.